The van der Waals surface area contributed by atoms with Crippen molar-refractivity contribution in [2.24, 2.45) is 5.92 Å². The first-order valence-electron chi connectivity index (χ1n) is 11.6. The first-order chi connectivity index (χ1) is 16.5. The minimum Gasteiger partial charge on any atom is -0.493 e. The van der Waals surface area contributed by atoms with Gasteiger partial charge in [0, 0.05) is 6.54 Å². The number of rotatable bonds is 11. The lowest BCUT2D eigenvalue weighted by atomic mass is 9.91. The number of piperidine rings is 1. The van der Waals surface area contributed by atoms with E-state index in [4.69, 9.17) is 23.7 Å². The fourth-order valence-corrected chi connectivity index (χ4v) is 4.55. The number of carboxylic acid groups (broad SMARTS) is 1. The lowest BCUT2D eigenvalue weighted by Gasteiger charge is -2.38. The lowest BCUT2D eigenvalue weighted by Crippen LogP contribution is -2.41. The zero-order valence-corrected chi connectivity index (χ0v) is 20.6. The summed E-state index contributed by atoms with van der Waals surface area (Å²) in [6.07, 6.45) is 1.47. The van der Waals surface area contributed by atoms with E-state index in [1.54, 1.807) is 21.3 Å². The van der Waals surface area contributed by atoms with Gasteiger partial charge in [-0.2, -0.15) is 0 Å². The van der Waals surface area contributed by atoms with Crippen molar-refractivity contribution in [3.05, 3.63) is 41.5 Å². The van der Waals surface area contributed by atoms with E-state index in [9.17, 15) is 9.90 Å². The fourth-order valence-electron chi connectivity index (χ4n) is 4.55. The van der Waals surface area contributed by atoms with Crippen molar-refractivity contribution < 1.29 is 33.6 Å². The zero-order valence-electron chi connectivity index (χ0n) is 20.6. The maximum Gasteiger partial charge on any atom is 0.307 e. The molecule has 1 saturated heterocycles. The van der Waals surface area contributed by atoms with Crippen molar-refractivity contribution in [1.29, 1.82) is 0 Å². The number of methoxy groups -OCH3 is 3. The molecule has 1 fully saturated rings. The first-order valence-corrected chi connectivity index (χ1v) is 11.6. The largest absolute Gasteiger partial charge is 0.493 e. The SMILES string of the molecule is CCOc1ccc(C(c2cc(OC)c(OC)c(OC)c2)N2CCCC(C(=O)O)C2)cc1OCC. The maximum absolute atomic E-state index is 11.8. The minimum absolute atomic E-state index is 0.245. The van der Waals surface area contributed by atoms with E-state index in [0.29, 0.717) is 54.9 Å². The second-order valence-corrected chi connectivity index (χ2v) is 8.11. The quantitative estimate of drug-likeness (QED) is 0.514. The number of nitrogens with zero attached hydrogens (tertiary/aromatic N) is 1. The Hall–Kier alpha value is -3.13. The van der Waals surface area contributed by atoms with Gasteiger partial charge in [-0.15, -0.1) is 0 Å². The van der Waals surface area contributed by atoms with Crippen LogP contribution in [0.25, 0.3) is 0 Å². The van der Waals surface area contributed by atoms with Crippen LogP contribution in [0.1, 0.15) is 43.9 Å². The van der Waals surface area contributed by atoms with E-state index >= 15 is 0 Å². The van der Waals surface area contributed by atoms with Gasteiger partial charge in [0.25, 0.3) is 0 Å². The summed E-state index contributed by atoms with van der Waals surface area (Å²) in [6, 6.07) is 9.50. The Bertz CT molecular complexity index is 953. The van der Waals surface area contributed by atoms with Gasteiger partial charge in [-0.1, -0.05) is 6.07 Å². The van der Waals surface area contributed by atoms with Gasteiger partial charge in [-0.3, -0.25) is 9.69 Å². The molecule has 1 aliphatic heterocycles. The van der Waals surface area contributed by atoms with Crippen LogP contribution in [0, 0.1) is 5.92 Å². The molecule has 0 aliphatic carbocycles. The first kappa shape index (κ1) is 25.5. The van der Waals surface area contributed by atoms with Crippen LogP contribution in [0.3, 0.4) is 0 Å². The fraction of sp³-hybridized carbons (Fsp3) is 0.500. The molecule has 2 atom stereocenters. The molecule has 34 heavy (non-hydrogen) atoms. The number of benzene rings is 2. The van der Waals surface area contributed by atoms with Crippen molar-refractivity contribution in [3.63, 3.8) is 0 Å². The Morgan fingerprint density at radius 2 is 1.56 bits per heavy atom. The standard InChI is InChI=1S/C26H35NO7/c1-6-33-20-11-10-17(13-21(20)34-7-2)24(27-12-8-9-18(16-27)26(28)29)19-14-22(30-3)25(32-5)23(15-19)31-4/h10-11,13-15,18,24H,6-9,12,16H2,1-5H3,(H,28,29). The van der Waals surface area contributed by atoms with Crippen LogP contribution < -0.4 is 23.7 Å². The van der Waals surface area contributed by atoms with E-state index in [2.05, 4.69) is 4.90 Å². The minimum atomic E-state index is -0.768. The molecule has 8 heteroatoms. The molecule has 2 unspecified atom stereocenters. The third-order valence-electron chi connectivity index (χ3n) is 6.05. The summed E-state index contributed by atoms with van der Waals surface area (Å²) in [5.74, 6) is 1.75. The van der Waals surface area contributed by atoms with Crippen molar-refractivity contribution in [2.45, 2.75) is 32.7 Å². The Morgan fingerprint density at radius 3 is 2.12 bits per heavy atom. The number of ether oxygens (including phenoxy) is 5. The highest BCUT2D eigenvalue weighted by Crippen LogP contribution is 2.44. The highest BCUT2D eigenvalue weighted by atomic mass is 16.5. The van der Waals surface area contributed by atoms with Crippen LogP contribution in [-0.4, -0.2) is 63.6 Å². The van der Waals surface area contributed by atoms with Gasteiger partial charge < -0.3 is 28.8 Å². The van der Waals surface area contributed by atoms with Crippen LogP contribution in [0.5, 0.6) is 28.7 Å². The van der Waals surface area contributed by atoms with Gasteiger partial charge in [0.1, 0.15) is 0 Å². The maximum atomic E-state index is 11.8. The van der Waals surface area contributed by atoms with Crippen LogP contribution in [0.2, 0.25) is 0 Å². The van der Waals surface area contributed by atoms with Crippen molar-refractivity contribution in [1.82, 2.24) is 4.90 Å². The van der Waals surface area contributed by atoms with Gasteiger partial charge in [0.05, 0.1) is 46.5 Å². The molecule has 3 rings (SSSR count). The summed E-state index contributed by atoms with van der Waals surface area (Å²) in [6.45, 7) is 6.10. The lowest BCUT2D eigenvalue weighted by molar-refractivity contribution is -0.143. The number of hydrogen-bond acceptors (Lipinski definition) is 7. The predicted octanol–water partition coefficient (Wildman–Crippen LogP) is 4.40. The van der Waals surface area contributed by atoms with E-state index in [-0.39, 0.29) is 6.04 Å². The summed E-state index contributed by atoms with van der Waals surface area (Å²) in [5, 5.41) is 9.70. The molecule has 0 spiro atoms. The third kappa shape index (κ3) is 5.50. The summed E-state index contributed by atoms with van der Waals surface area (Å²) < 4.78 is 28.4. The Kier molecular flexibility index (Phi) is 8.87. The van der Waals surface area contributed by atoms with E-state index < -0.39 is 11.9 Å². The molecule has 0 radical (unpaired) electrons. The number of aliphatic carboxylic acids is 1. The molecule has 2 aromatic rings. The number of likely N-dealkylation sites (tertiary alicyclic amines) is 1. The monoisotopic (exact) mass is 473 g/mol. The molecule has 186 valence electrons. The molecule has 1 heterocycles. The van der Waals surface area contributed by atoms with Crippen LogP contribution in [-0.2, 0) is 4.79 Å². The summed E-state index contributed by atoms with van der Waals surface area (Å²) in [5.41, 5.74) is 1.87. The number of carbonyl (C=O) groups is 1. The average Bonchev–Trinajstić information content (AvgIpc) is 2.85. The smallest absolute Gasteiger partial charge is 0.307 e. The zero-order chi connectivity index (χ0) is 24.7. The summed E-state index contributed by atoms with van der Waals surface area (Å²) >= 11 is 0. The molecule has 8 nitrogen and oxygen atoms in total. The van der Waals surface area contributed by atoms with Crippen molar-refractivity contribution in [2.75, 3.05) is 47.6 Å². The highest BCUT2D eigenvalue weighted by Gasteiger charge is 2.33. The molecule has 0 bridgehead atoms. The molecular weight excluding hydrogens is 438 g/mol. The van der Waals surface area contributed by atoms with E-state index in [1.807, 2.05) is 44.2 Å². The van der Waals surface area contributed by atoms with Gasteiger partial charge in [-0.05, 0) is 68.6 Å². The Labute approximate surface area is 201 Å². The van der Waals surface area contributed by atoms with E-state index in [0.717, 1.165) is 24.1 Å². The predicted molar refractivity (Wildman–Crippen MR) is 129 cm³/mol. The summed E-state index contributed by atoms with van der Waals surface area (Å²) in [7, 11) is 4.74. The number of carboxylic acids is 1. The Morgan fingerprint density at radius 1 is 0.941 bits per heavy atom. The van der Waals surface area contributed by atoms with Crippen molar-refractivity contribution >= 4 is 5.97 Å². The number of hydrogen-bond donors (Lipinski definition) is 1. The van der Waals surface area contributed by atoms with Crippen LogP contribution in [0.4, 0.5) is 0 Å². The molecule has 2 aromatic carbocycles. The molecule has 0 aromatic heterocycles. The van der Waals surface area contributed by atoms with Crippen molar-refractivity contribution in [3.8, 4) is 28.7 Å². The van der Waals surface area contributed by atoms with Gasteiger partial charge in [0.15, 0.2) is 23.0 Å². The summed E-state index contributed by atoms with van der Waals surface area (Å²) in [4.78, 5) is 14.0. The Balaban J connectivity index is 2.16. The molecule has 1 N–H and O–H groups in total. The van der Waals surface area contributed by atoms with Gasteiger partial charge in [0.2, 0.25) is 5.75 Å². The topological polar surface area (TPSA) is 86.7 Å². The second kappa shape index (κ2) is 11.8. The molecule has 0 saturated carbocycles. The van der Waals surface area contributed by atoms with Crippen LogP contribution >= 0.6 is 0 Å². The molecule has 1 aliphatic rings. The van der Waals surface area contributed by atoms with Gasteiger partial charge >= 0.3 is 5.97 Å². The highest BCUT2D eigenvalue weighted by molar-refractivity contribution is 5.70. The van der Waals surface area contributed by atoms with E-state index in [1.165, 1.54) is 0 Å². The van der Waals surface area contributed by atoms with Gasteiger partial charge in [-0.25, -0.2) is 0 Å². The van der Waals surface area contributed by atoms with Crippen LogP contribution in [0.15, 0.2) is 30.3 Å². The third-order valence-corrected chi connectivity index (χ3v) is 6.05. The molecule has 0 amide bonds. The second-order valence-electron chi connectivity index (χ2n) is 8.11. The molecular formula is C26H35NO7. The average molecular weight is 474 g/mol. The normalized spacial score (nSPS) is 17.0.